The third-order valence-corrected chi connectivity index (χ3v) is 2.76. The van der Waals surface area contributed by atoms with E-state index in [2.05, 4.69) is 55.8 Å². The summed E-state index contributed by atoms with van der Waals surface area (Å²) in [5.41, 5.74) is 4.60. The van der Waals surface area contributed by atoms with Crippen LogP contribution in [0.4, 0.5) is 11.4 Å². The zero-order valence-electron chi connectivity index (χ0n) is 9.70. The summed E-state index contributed by atoms with van der Waals surface area (Å²) in [6.45, 7) is 8.78. The summed E-state index contributed by atoms with van der Waals surface area (Å²) < 4.78 is 0. The molecule has 78 valence electrons. The second kappa shape index (κ2) is 3.63. The van der Waals surface area contributed by atoms with Crippen molar-refractivity contribution in [1.29, 1.82) is 0 Å². The highest BCUT2D eigenvalue weighted by Crippen LogP contribution is 2.40. The van der Waals surface area contributed by atoms with Crippen LogP contribution in [0.2, 0.25) is 0 Å². The monoisotopic (exact) mass is 200 g/mol. The maximum Gasteiger partial charge on any atom is 0.105 e. The van der Waals surface area contributed by atoms with Gasteiger partial charge in [-0.3, -0.25) is 0 Å². The third kappa shape index (κ3) is 1.73. The molecule has 0 saturated carbocycles. The molecule has 0 amide bonds. The average Bonchev–Trinajstić information content (AvgIpc) is 2.62. The summed E-state index contributed by atoms with van der Waals surface area (Å²) in [5.74, 6) is 1.01. The lowest BCUT2D eigenvalue weighted by Gasteiger charge is -2.13. The van der Waals surface area contributed by atoms with E-state index >= 15 is 0 Å². The summed E-state index contributed by atoms with van der Waals surface area (Å²) in [7, 11) is 0. The van der Waals surface area contributed by atoms with E-state index in [0.717, 1.165) is 11.4 Å². The molecule has 0 bridgehead atoms. The minimum Gasteiger partial charge on any atom is -0.185 e. The minimum absolute atomic E-state index is 0.483. The molecule has 1 aliphatic heterocycles. The molecule has 2 rings (SSSR count). The molecule has 0 spiro atoms. The van der Waals surface area contributed by atoms with Crippen molar-refractivity contribution in [2.75, 3.05) is 0 Å². The molecule has 2 heteroatoms. The lowest BCUT2D eigenvalue weighted by atomic mass is 9.93. The van der Waals surface area contributed by atoms with Gasteiger partial charge in [-0.25, -0.2) is 0 Å². The quantitative estimate of drug-likeness (QED) is 0.687. The van der Waals surface area contributed by atoms with Gasteiger partial charge in [-0.05, 0) is 29.0 Å². The van der Waals surface area contributed by atoms with E-state index in [1.165, 1.54) is 11.1 Å². The fraction of sp³-hybridized carbons (Fsp3) is 0.462. The van der Waals surface area contributed by atoms with Crippen LogP contribution < -0.4 is 0 Å². The molecule has 1 aromatic carbocycles. The molecule has 0 atom stereocenters. The van der Waals surface area contributed by atoms with Crippen LogP contribution >= 0.6 is 0 Å². The van der Waals surface area contributed by atoms with Gasteiger partial charge in [0.2, 0.25) is 0 Å². The second-order valence-electron chi connectivity index (χ2n) is 4.61. The molecule has 1 aliphatic rings. The molecule has 1 heterocycles. The van der Waals surface area contributed by atoms with Gasteiger partial charge < -0.3 is 0 Å². The van der Waals surface area contributed by atoms with Crippen LogP contribution in [0.25, 0.3) is 0 Å². The van der Waals surface area contributed by atoms with E-state index in [-0.39, 0.29) is 0 Å². The zero-order chi connectivity index (χ0) is 11.0. The number of hydrogen-bond acceptors (Lipinski definition) is 2. The summed E-state index contributed by atoms with van der Waals surface area (Å²) in [6, 6.07) is 7.07. The molecule has 0 saturated heterocycles. The number of fused-ring (bicyclic) bond motifs is 1. The van der Waals surface area contributed by atoms with Gasteiger partial charge in [0.1, 0.15) is 17.4 Å². The Morgan fingerprint density at radius 2 is 1.73 bits per heavy atom. The van der Waals surface area contributed by atoms with Gasteiger partial charge in [-0.2, -0.15) is 9.98 Å². The predicted molar refractivity (Wildman–Crippen MR) is 63.8 cm³/mol. The van der Waals surface area contributed by atoms with E-state index in [4.69, 9.17) is 0 Å². The Labute approximate surface area is 90.8 Å². The standard InChI is InChI=1S/C13H16N2/c1-8(2)10-5-11(9(3)4)13-12(6-10)14-7-15-13/h5-6,8-9H,1-4H3. The lowest BCUT2D eigenvalue weighted by molar-refractivity contribution is 0.835. The number of hydrogen-bond donors (Lipinski definition) is 0. The molecule has 0 fully saturated rings. The van der Waals surface area contributed by atoms with Crippen LogP contribution in [0.1, 0.15) is 50.7 Å². The van der Waals surface area contributed by atoms with Gasteiger partial charge in [0.15, 0.2) is 0 Å². The maximum absolute atomic E-state index is 4.20. The van der Waals surface area contributed by atoms with Crippen molar-refractivity contribution in [3.05, 3.63) is 23.3 Å². The molecular weight excluding hydrogens is 184 g/mol. The van der Waals surface area contributed by atoms with Crippen molar-refractivity contribution in [2.45, 2.75) is 39.5 Å². The second-order valence-corrected chi connectivity index (χ2v) is 4.61. The van der Waals surface area contributed by atoms with Crippen LogP contribution in [0, 0.1) is 0 Å². The molecule has 1 aromatic rings. The minimum atomic E-state index is 0.483. The molecule has 0 N–H and O–H groups in total. The molecule has 2 nitrogen and oxygen atoms in total. The Bertz CT molecular complexity index is 450. The van der Waals surface area contributed by atoms with E-state index in [1.54, 1.807) is 0 Å². The van der Waals surface area contributed by atoms with Crippen molar-refractivity contribution in [1.82, 2.24) is 0 Å². The van der Waals surface area contributed by atoms with Crippen LogP contribution in [-0.2, 0) is 0 Å². The van der Waals surface area contributed by atoms with E-state index in [0.29, 0.717) is 11.8 Å². The van der Waals surface area contributed by atoms with Crippen molar-refractivity contribution in [3.63, 3.8) is 0 Å². The first kappa shape index (κ1) is 10.1. The van der Waals surface area contributed by atoms with E-state index in [1.807, 2.05) is 0 Å². The molecule has 0 unspecified atom stereocenters. The van der Waals surface area contributed by atoms with Gasteiger partial charge in [-0.1, -0.05) is 33.8 Å². The molecule has 0 aromatic heterocycles. The van der Waals surface area contributed by atoms with Gasteiger partial charge >= 0.3 is 0 Å². The highest BCUT2D eigenvalue weighted by atomic mass is 14.9. The smallest absolute Gasteiger partial charge is 0.105 e. The van der Waals surface area contributed by atoms with E-state index in [9.17, 15) is 0 Å². The average molecular weight is 200 g/mol. The highest BCUT2D eigenvalue weighted by molar-refractivity contribution is 5.79. The SMILES string of the molecule is CC(C)c1cc2c(c(C(C)C)c1)N=C=N2. The molecular formula is C13H16N2. The topological polar surface area (TPSA) is 24.7 Å². The zero-order valence-corrected chi connectivity index (χ0v) is 9.70. The van der Waals surface area contributed by atoms with Crippen molar-refractivity contribution < 1.29 is 0 Å². The van der Waals surface area contributed by atoms with Crippen LogP contribution in [0.15, 0.2) is 22.1 Å². The first-order valence-electron chi connectivity index (χ1n) is 5.44. The number of rotatable bonds is 2. The number of benzene rings is 1. The maximum atomic E-state index is 4.20. The van der Waals surface area contributed by atoms with Crippen molar-refractivity contribution in [3.8, 4) is 0 Å². The Balaban J connectivity index is 2.59. The Morgan fingerprint density at radius 1 is 1.00 bits per heavy atom. The Hall–Kier alpha value is -1.40. The fourth-order valence-electron chi connectivity index (χ4n) is 1.77. The lowest BCUT2D eigenvalue weighted by Crippen LogP contribution is -1.93. The largest absolute Gasteiger partial charge is 0.185 e. The van der Waals surface area contributed by atoms with Gasteiger partial charge in [-0.15, -0.1) is 0 Å². The highest BCUT2D eigenvalue weighted by Gasteiger charge is 2.16. The fourth-order valence-corrected chi connectivity index (χ4v) is 1.77. The van der Waals surface area contributed by atoms with Gasteiger partial charge in [0.05, 0.1) is 0 Å². The van der Waals surface area contributed by atoms with Crippen LogP contribution in [0.5, 0.6) is 0 Å². The summed E-state index contributed by atoms with van der Waals surface area (Å²) in [6.07, 6.45) is 0. The van der Waals surface area contributed by atoms with Gasteiger partial charge in [0, 0.05) is 0 Å². The Kier molecular flexibility index (Phi) is 2.45. The van der Waals surface area contributed by atoms with Crippen LogP contribution in [0.3, 0.4) is 0 Å². The molecule has 0 aliphatic carbocycles. The van der Waals surface area contributed by atoms with Crippen molar-refractivity contribution >= 4 is 17.4 Å². The van der Waals surface area contributed by atoms with Gasteiger partial charge in [0.25, 0.3) is 0 Å². The van der Waals surface area contributed by atoms with E-state index < -0.39 is 0 Å². The molecule has 0 radical (unpaired) electrons. The van der Waals surface area contributed by atoms with Crippen molar-refractivity contribution in [2.24, 2.45) is 9.98 Å². The summed E-state index contributed by atoms with van der Waals surface area (Å²) in [4.78, 5) is 8.37. The number of aliphatic imine (C=N–C) groups is 2. The molecule has 15 heavy (non-hydrogen) atoms. The Morgan fingerprint density at radius 3 is 2.33 bits per heavy atom. The number of nitrogens with zero attached hydrogens (tertiary/aromatic N) is 2. The first-order valence-corrected chi connectivity index (χ1v) is 5.44. The summed E-state index contributed by atoms with van der Waals surface area (Å²) in [5, 5.41) is 0. The normalized spacial score (nSPS) is 12.9. The summed E-state index contributed by atoms with van der Waals surface area (Å²) >= 11 is 0. The van der Waals surface area contributed by atoms with Crippen LogP contribution in [-0.4, -0.2) is 6.01 Å². The third-order valence-electron chi connectivity index (χ3n) is 2.76. The predicted octanol–water partition coefficient (Wildman–Crippen LogP) is 4.38. The first-order chi connectivity index (χ1) is 7.09.